The molecule has 0 aliphatic heterocycles. The Balaban J connectivity index is 4.55. The van der Waals surface area contributed by atoms with E-state index in [2.05, 4.69) is 92.8 Å². The monoisotopic (exact) mass is 816 g/mol. The van der Waals surface area contributed by atoms with Crippen molar-refractivity contribution in [1.82, 2.24) is 0 Å². The lowest BCUT2D eigenvalue weighted by molar-refractivity contribution is -0.870. The van der Waals surface area contributed by atoms with Crippen molar-refractivity contribution >= 4 is 19.8 Å². The van der Waals surface area contributed by atoms with Crippen LogP contribution in [0.1, 0.15) is 136 Å². The summed E-state index contributed by atoms with van der Waals surface area (Å²) in [6.07, 6.45) is 50.3. The standard InChI is InChI=1S/C47H78NO8P/c1-6-8-10-12-14-16-18-20-21-22-23-24-25-26-28-29-31-33-35-37-39-46(49)53-43-45(44-55-57(51,52)54-42-41-48(3,4)5)56-47(50)40-38-36-34-32-30-27-19-17-15-13-11-9-7-2/h8,10,14,16,20-21,23-24,26-28,30-31,33-34,36,45H,6-7,9,11-13,15,17-19,22,25,29,32,35,37-44H2,1-5H3/b10-8+,16-14+,21-20+,24-23+,28-26+,30-27+,33-31+,36-34+. The number of nitrogens with zero attached hydrogens (tertiary/aromatic N) is 1. The topological polar surface area (TPSA) is 111 Å². The molecule has 57 heavy (non-hydrogen) atoms. The van der Waals surface area contributed by atoms with Crippen LogP contribution in [0.2, 0.25) is 0 Å². The Hall–Kier alpha value is -3.07. The summed E-state index contributed by atoms with van der Waals surface area (Å²) in [6, 6.07) is 0. The Bertz CT molecular complexity index is 1290. The lowest BCUT2D eigenvalue weighted by Gasteiger charge is -2.28. The summed E-state index contributed by atoms with van der Waals surface area (Å²) in [7, 11) is 1.08. The van der Waals surface area contributed by atoms with Gasteiger partial charge in [-0.25, -0.2) is 0 Å². The molecule has 2 atom stereocenters. The molecular formula is C47H78NO8P. The maximum Gasteiger partial charge on any atom is 0.306 e. The van der Waals surface area contributed by atoms with Gasteiger partial charge >= 0.3 is 11.9 Å². The van der Waals surface area contributed by atoms with Gasteiger partial charge in [-0.15, -0.1) is 0 Å². The smallest absolute Gasteiger partial charge is 0.306 e. The molecule has 0 bridgehead atoms. The van der Waals surface area contributed by atoms with E-state index in [4.69, 9.17) is 18.5 Å². The van der Waals surface area contributed by atoms with E-state index in [9.17, 15) is 19.0 Å². The van der Waals surface area contributed by atoms with E-state index in [0.717, 1.165) is 51.4 Å². The molecule has 10 heteroatoms. The molecule has 0 aromatic heterocycles. The molecule has 0 spiro atoms. The van der Waals surface area contributed by atoms with E-state index in [1.807, 2.05) is 39.4 Å². The maximum atomic E-state index is 12.6. The van der Waals surface area contributed by atoms with Crippen LogP contribution in [0.3, 0.4) is 0 Å². The SMILES string of the molecule is CC/C=C/C/C=C/C/C=C/C/C=C/C/C=C/C/C=C/CCCC(=O)OCC(COP(=O)([O-])OCC[N+](C)(C)C)OC(=O)CC/C=C/C/C=C/CCCCCCCC. The summed E-state index contributed by atoms with van der Waals surface area (Å²) >= 11 is 0. The van der Waals surface area contributed by atoms with Crippen LogP contribution in [0.15, 0.2) is 97.2 Å². The van der Waals surface area contributed by atoms with Crippen LogP contribution in [0.4, 0.5) is 0 Å². The fourth-order valence-electron chi connectivity index (χ4n) is 5.01. The molecule has 0 radical (unpaired) electrons. The van der Waals surface area contributed by atoms with Crippen LogP contribution in [0.25, 0.3) is 0 Å². The number of carbonyl (C=O) groups excluding carboxylic acids is 2. The number of carbonyl (C=O) groups is 2. The number of quaternary nitrogens is 1. The van der Waals surface area contributed by atoms with E-state index >= 15 is 0 Å². The van der Waals surface area contributed by atoms with Crippen LogP contribution < -0.4 is 4.89 Å². The van der Waals surface area contributed by atoms with Gasteiger partial charge in [0.25, 0.3) is 7.82 Å². The third-order valence-corrected chi connectivity index (χ3v) is 9.32. The van der Waals surface area contributed by atoms with Gasteiger partial charge in [-0.1, -0.05) is 143 Å². The number of likely N-dealkylation sites (N-methyl/N-ethyl adjacent to an activating group) is 1. The van der Waals surface area contributed by atoms with Crippen molar-refractivity contribution in [2.75, 3.05) is 47.5 Å². The number of allylic oxidation sites excluding steroid dienone is 16. The average Bonchev–Trinajstić information content (AvgIpc) is 3.16. The molecule has 0 fully saturated rings. The fraction of sp³-hybridized carbons (Fsp3) is 0.617. The minimum atomic E-state index is -4.66. The average molecular weight is 816 g/mol. The number of hydrogen-bond acceptors (Lipinski definition) is 8. The molecule has 0 aromatic rings. The summed E-state index contributed by atoms with van der Waals surface area (Å²) in [5.41, 5.74) is 0. The number of esters is 2. The highest BCUT2D eigenvalue weighted by Crippen LogP contribution is 2.38. The maximum absolute atomic E-state index is 12.6. The predicted molar refractivity (Wildman–Crippen MR) is 235 cm³/mol. The number of phosphoric ester groups is 1. The van der Waals surface area contributed by atoms with Gasteiger partial charge in [-0.2, -0.15) is 0 Å². The van der Waals surface area contributed by atoms with E-state index in [1.54, 1.807) is 0 Å². The van der Waals surface area contributed by atoms with Crippen molar-refractivity contribution in [1.29, 1.82) is 0 Å². The van der Waals surface area contributed by atoms with E-state index < -0.39 is 32.5 Å². The molecule has 0 saturated heterocycles. The molecule has 0 saturated carbocycles. The van der Waals surface area contributed by atoms with Crippen molar-refractivity contribution in [3.05, 3.63) is 97.2 Å². The van der Waals surface area contributed by atoms with Crippen LogP contribution in [0, 0.1) is 0 Å². The van der Waals surface area contributed by atoms with Gasteiger partial charge in [-0.05, 0) is 77.0 Å². The largest absolute Gasteiger partial charge is 0.756 e. The van der Waals surface area contributed by atoms with E-state index in [0.29, 0.717) is 30.3 Å². The highest BCUT2D eigenvalue weighted by molar-refractivity contribution is 7.45. The predicted octanol–water partition coefficient (Wildman–Crippen LogP) is 11.6. The highest BCUT2D eigenvalue weighted by Gasteiger charge is 2.21. The first-order chi connectivity index (χ1) is 27.5. The number of rotatable bonds is 37. The van der Waals surface area contributed by atoms with Gasteiger partial charge in [-0.3, -0.25) is 14.2 Å². The molecule has 2 unspecified atom stereocenters. The quantitative estimate of drug-likeness (QED) is 0.0200. The third-order valence-electron chi connectivity index (χ3n) is 8.35. The van der Waals surface area contributed by atoms with E-state index in [-0.39, 0.29) is 26.1 Å². The Morgan fingerprint density at radius 2 is 1.04 bits per heavy atom. The fourth-order valence-corrected chi connectivity index (χ4v) is 5.74. The van der Waals surface area contributed by atoms with Crippen LogP contribution in [0.5, 0.6) is 0 Å². The molecule has 0 rings (SSSR count). The summed E-state index contributed by atoms with van der Waals surface area (Å²) < 4.78 is 33.7. The molecule has 0 heterocycles. The van der Waals surface area contributed by atoms with Crippen molar-refractivity contribution in [2.45, 2.75) is 142 Å². The second kappa shape index (κ2) is 38.4. The number of phosphoric acid groups is 1. The molecule has 0 aliphatic rings. The molecule has 0 aliphatic carbocycles. The second-order valence-corrected chi connectivity index (χ2v) is 16.4. The molecule has 0 aromatic carbocycles. The Labute approximate surface area is 347 Å². The Morgan fingerprint density at radius 1 is 0.561 bits per heavy atom. The summed E-state index contributed by atoms with van der Waals surface area (Å²) in [5, 5.41) is 0. The van der Waals surface area contributed by atoms with Crippen LogP contribution in [-0.2, 0) is 32.7 Å². The van der Waals surface area contributed by atoms with Gasteiger partial charge in [0.2, 0.25) is 0 Å². The zero-order valence-electron chi connectivity index (χ0n) is 36.2. The van der Waals surface area contributed by atoms with Gasteiger partial charge < -0.3 is 27.9 Å². The normalized spacial score (nSPS) is 14.6. The van der Waals surface area contributed by atoms with Gasteiger partial charge in [0.05, 0.1) is 27.7 Å². The summed E-state index contributed by atoms with van der Waals surface area (Å²) in [5.74, 6) is -0.994. The lowest BCUT2D eigenvalue weighted by atomic mass is 10.1. The third kappa shape index (κ3) is 42.4. The van der Waals surface area contributed by atoms with Crippen molar-refractivity contribution in [3.8, 4) is 0 Å². The Morgan fingerprint density at radius 3 is 1.56 bits per heavy atom. The molecular weight excluding hydrogens is 737 g/mol. The van der Waals surface area contributed by atoms with Crippen molar-refractivity contribution < 1.29 is 42.1 Å². The first-order valence-electron chi connectivity index (χ1n) is 21.4. The van der Waals surface area contributed by atoms with Crippen LogP contribution >= 0.6 is 7.82 Å². The first kappa shape index (κ1) is 53.9. The van der Waals surface area contributed by atoms with Gasteiger partial charge in [0.1, 0.15) is 19.8 Å². The van der Waals surface area contributed by atoms with Crippen molar-refractivity contribution in [3.63, 3.8) is 0 Å². The number of ether oxygens (including phenoxy) is 2. The van der Waals surface area contributed by atoms with Crippen molar-refractivity contribution in [2.24, 2.45) is 0 Å². The molecule has 0 N–H and O–H groups in total. The highest BCUT2D eigenvalue weighted by atomic mass is 31.2. The van der Waals surface area contributed by atoms with Gasteiger partial charge in [0.15, 0.2) is 6.10 Å². The molecule has 0 amide bonds. The minimum absolute atomic E-state index is 0.0545. The molecule has 9 nitrogen and oxygen atoms in total. The number of hydrogen-bond donors (Lipinski definition) is 0. The minimum Gasteiger partial charge on any atom is -0.756 e. The van der Waals surface area contributed by atoms with Crippen LogP contribution in [-0.4, -0.2) is 70.0 Å². The Kier molecular flexibility index (Phi) is 36.4. The zero-order chi connectivity index (χ0) is 42.1. The van der Waals surface area contributed by atoms with E-state index in [1.165, 1.54) is 38.5 Å². The summed E-state index contributed by atoms with van der Waals surface area (Å²) in [4.78, 5) is 37.4. The zero-order valence-corrected chi connectivity index (χ0v) is 37.1. The second-order valence-electron chi connectivity index (χ2n) is 15.0. The van der Waals surface area contributed by atoms with Gasteiger partial charge in [0, 0.05) is 12.8 Å². The first-order valence-corrected chi connectivity index (χ1v) is 22.9. The number of unbranched alkanes of at least 4 members (excludes halogenated alkanes) is 7. The lowest BCUT2D eigenvalue weighted by Crippen LogP contribution is -2.37. The summed E-state index contributed by atoms with van der Waals surface area (Å²) in [6.45, 7) is 3.93. The molecule has 324 valence electrons.